The quantitative estimate of drug-likeness (QED) is 0.444. The van der Waals surface area contributed by atoms with Crippen molar-refractivity contribution < 1.29 is 4.79 Å². The molecule has 0 saturated heterocycles. The highest BCUT2D eigenvalue weighted by molar-refractivity contribution is 6.34. The third-order valence-corrected chi connectivity index (χ3v) is 2.82. The fourth-order valence-electron chi connectivity index (χ4n) is 1.40. The van der Waals surface area contributed by atoms with Gasteiger partial charge in [0.1, 0.15) is 10.7 Å². The Balaban J connectivity index is 2.47. The molecule has 0 radical (unpaired) electrons. The van der Waals surface area contributed by atoms with Crippen LogP contribution in [0.25, 0.3) is 0 Å². The zero-order chi connectivity index (χ0) is 10.2. The normalized spacial score (nSPS) is 17.3. The molecule has 5 heteroatoms. The summed E-state index contributed by atoms with van der Waals surface area (Å²) in [5.41, 5.74) is 0.281. The Bertz CT molecular complexity index is 423. The van der Waals surface area contributed by atoms with E-state index in [0.717, 1.165) is 18.4 Å². The summed E-state index contributed by atoms with van der Waals surface area (Å²) in [6.45, 7) is 0. The van der Waals surface area contributed by atoms with Crippen molar-refractivity contribution in [1.82, 2.24) is 4.98 Å². The second kappa shape index (κ2) is 3.35. The van der Waals surface area contributed by atoms with Crippen LogP contribution < -0.4 is 0 Å². The molecule has 72 valence electrons. The van der Waals surface area contributed by atoms with Crippen molar-refractivity contribution >= 4 is 29.3 Å². The summed E-state index contributed by atoms with van der Waals surface area (Å²) in [7, 11) is 0. The molecule has 2 rings (SSSR count). The number of halogens is 2. The SMILES string of the molecule is O=C=NC1(c2cnc(Cl)cc2Cl)CC1. The lowest BCUT2D eigenvalue weighted by Crippen LogP contribution is -2.03. The molecule has 0 atom stereocenters. The van der Waals surface area contributed by atoms with Gasteiger partial charge in [0.15, 0.2) is 0 Å². The number of hydrogen-bond acceptors (Lipinski definition) is 3. The van der Waals surface area contributed by atoms with Crippen molar-refractivity contribution in [2.24, 2.45) is 4.99 Å². The number of aromatic nitrogens is 1. The number of rotatable bonds is 2. The number of isocyanates is 1. The smallest absolute Gasteiger partial charge is 0.235 e. The van der Waals surface area contributed by atoms with Crippen molar-refractivity contribution in [2.45, 2.75) is 18.4 Å². The van der Waals surface area contributed by atoms with Gasteiger partial charge in [0.05, 0.1) is 5.02 Å². The Hall–Kier alpha value is -0.890. The summed E-state index contributed by atoms with van der Waals surface area (Å²) in [6, 6.07) is 1.55. The molecule has 0 spiro atoms. The Kier molecular flexibility index (Phi) is 2.31. The average Bonchev–Trinajstić information content (AvgIpc) is 2.86. The molecule has 0 bridgehead atoms. The van der Waals surface area contributed by atoms with Gasteiger partial charge in [-0.15, -0.1) is 0 Å². The van der Waals surface area contributed by atoms with Crippen molar-refractivity contribution in [3.8, 4) is 0 Å². The maximum Gasteiger partial charge on any atom is 0.235 e. The molecule has 1 fully saturated rings. The third kappa shape index (κ3) is 1.55. The topological polar surface area (TPSA) is 42.3 Å². The van der Waals surface area contributed by atoms with Crippen molar-refractivity contribution in [3.63, 3.8) is 0 Å². The maximum atomic E-state index is 10.2. The van der Waals surface area contributed by atoms with Gasteiger partial charge in [-0.1, -0.05) is 23.2 Å². The van der Waals surface area contributed by atoms with Crippen LogP contribution in [0.15, 0.2) is 17.3 Å². The third-order valence-electron chi connectivity index (χ3n) is 2.30. The second-order valence-electron chi connectivity index (χ2n) is 3.22. The lowest BCUT2D eigenvalue weighted by atomic mass is 10.1. The highest BCUT2D eigenvalue weighted by Crippen LogP contribution is 2.51. The van der Waals surface area contributed by atoms with Gasteiger partial charge in [-0.25, -0.2) is 9.78 Å². The number of pyridine rings is 1. The van der Waals surface area contributed by atoms with Gasteiger partial charge < -0.3 is 0 Å². The van der Waals surface area contributed by atoms with Crippen molar-refractivity contribution in [2.75, 3.05) is 0 Å². The number of aliphatic imine (C=N–C) groups is 1. The molecule has 1 heterocycles. The summed E-state index contributed by atoms with van der Waals surface area (Å²) in [6.07, 6.45) is 4.76. The average molecular weight is 229 g/mol. The fraction of sp³-hybridized carbons (Fsp3) is 0.333. The maximum absolute atomic E-state index is 10.2. The van der Waals surface area contributed by atoms with Gasteiger partial charge in [0.25, 0.3) is 0 Å². The van der Waals surface area contributed by atoms with Crippen LogP contribution in [0.1, 0.15) is 18.4 Å². The van der Waals surface area contributed by atoms with Gasteiger partial charge >= 0.3 is 0 Å². The molecule has 1 aromatic heterocycles. The summed E-state index contributed by atoms with van der Waals surface area (Å²) in [5, 5.41) is 0.839. The minimum Gasteiger partial charge on any atom is -0.244 e. The van der Waals surface area contributed by atoms with E-state index in [1.54, 1.807) is 18.3 Å². The Morgan fingerprint density at radius 2 is 2.21 bits per heavy atom. The van der Waals surface area contributed by atoms with E-state index in [2.05, 4.69) is 9.98 Å². The molecule has 1 aliphatic rings. The molecule has 1 aromatic rings. The van der Waals surface area contributed by atoms with Crippen LogP contribution in [-0.4, -0.2) is 11.1 Å². The van der Waals surface area contributed by atoms with Crippen LogP contribution in [0.5, 0.6) is 0 Å². The minimum atomic E-state index is -0.476. The highest BCUT2D eigenvalue weighted by Gasteiger charge is 2.46. The van der Waals surface area contributed by atoms with Crippen molar-refractivity contribution in [3.05, 3.63) is 28.0 Å². The predicted octanol–water partition coefficient (Wildman–Crippen LogP) is 2.71. The van der Waals surface area contributed by atoms with Gasteiger partial charge in [0, 0.05) is 11.8 Å². The molecule has 3 nitrogen and oxygen atoms in total. The van der Waals surface area contributed by atoms with E-state index in [4.69, 9.17) is 23.2 Å². The molecule has 1 aliphatic carbocycles. The summed E-state index contributed by atoms with van der Waals surface area (Å²) in [4.78, 5) is 17.9. The first-order valence-electron chi connectivity index (χ1n) is 4.08. The first-order valence-corrected chi connectivity index (χ1v) is 4.84. The van der Waals surface area contributed by atoms with E-state index in [1.807, 2.05) is 0 Å². The van der Waals surface area contributed by atoms with Crippen LogP contribution in [-0.2, 0) is 10.3 Å². The van der Waals surface area contributed by atoms with Gasteiger partial charge in [-0.2, -0.15) is 4.99 Å². The number of hydrogen-bond donors (Lipinski definition) is 0. The molecule has 1 saturated carbocycles. The molecule has 14 heavy (non-hydrogen) atoms. The predicted molar refractivity (Wildman–Crippen MR) is 53.3 cm³/mol. The van der Waals surface area contributed by atoms with Gasteiger partial charge in [-0.3, -0.25) is 0 Å². The lowest BCUT2D eigenvalue weighted by Gasteiger charge is -2.09. The summed E-state index contributed by atoms with van der Waals surface area (Å²) < 4.78 is 0. The van der Waals surface area contributed by atoms with E-state index < -0.39 is 5.54 Å². The van der Waals surface area contributed by atoms with Crippen LogP contribution in [0.3, 0.4) is 0 Å². The first kappa shape index (κ1) is 9.66. The standard InChI is InChI=1S/C9H6Cl2N2O/c10-7-3-8(11)12-4-6(7)9(1-2-9)13-5-14/h3-4H,1-2H2. The van der Waals surface area contributed by atoms with Crippen LogP contribution >= 0.6 is 23.2 Å². The minimum absolute atomic E-state index is 0.338. The van der Waals surface area contributed by atoms with E-state index >= 15 is 0 Å². The second-order valence-corrected chi connectivity index (χ2v) is 4.02. The van der Waals surface area contributed by atoms with Crippen LogP contribution in [0.4, 0.5) is 0 Å². The summed E-state index contributed by atoms with van der Waals surface area (Å²) in [5.74, 6) is 0. The molecule has 0 amide bonds. The van der Waals surface area contributed by atoms with E-state index in [0.29, 0.717) is 10.2 Å². The lowest BCUT2D eigenvalue weighted by molar-refractivity contribution is 0.556. The molecule has 0 unspecified atom stereocenters. The van der Waals surface area contributed by atoms with Crippen LogP contribution in [0.2, 0.25) is 10.2 Å². The Morgan fingerprint density at radius 1 is 1.50 bits per heavy atom. The van der Waals surface area contributed by atoms with Gasteiger partial charge in [0.2, 0.25) is 6.08 Å². The molecule has 0 aromatic carbocycles. The fourth-order valence-corrected chi connectivity index (χ4v) is 1.94. The van der Waals surface area contributed by atoms with Crippen molar-refractivity contribution in [1.29, 1.82) is 0 Å². The molecular weight excluding hydrogens is 223 g/mol. The highest BCUT2D eigenvalue weighted by atomic mass is 35.5. The molecule has 0 aliphatic heterocycles. The molecule has 0 N–H and O–H groups in total. The van der Waals surface area contributed by atoms with Gasteiger partial charge in [-0.05, 0) is 18.9 Å². The Labute approximate surface area is 90.8 Å². The van der Waals surface area contributed by atoms with E-state index in [9.17, 15) is 4.79 Å². The zero-order valence-corrected chi connectivity index (χ0v) is 8.64. The monoisotopic (exact) mass is 228 g/mol. The molecular formula is C9H6Cl2N2O. The van der Waals surface area contributed by atoms with Crippen LogP contribution in [0, 0.1) is 0 Å². The zero-order valence-electron chi connectivity index (χ0n) is 7.13. The largest absolute Gasteiger partial charge is 0.244 e. The Morgan fingerprint density at radius 3 is 2.71 bits per heavy atom. The van der Waals surface area contributed by atoms with E-state index in [1.165, 1.54) is 0 Å². The summed E-state index contributed by atoms with van der Waals surface area (Å²) >= 11 is 11.6. The number of nitrogens with zero attached hydrogens (tertiary/aromatic N) is 2. The van der Waals surface area contributed by atoms with E-state index in [-0.39, 0.29) is 0 Å². The number of carbonyl (C=O) groups excluding carboxylic acids is 1. The first-order chi connectivity index (χ1) is 6.68.